The first kappa shape index (κ1) is 19.2. The summed E-state index contributed by atoms with van der Waals surface area (Å²) in [5, 5.41) is 3.20. The van der Waals surface area contributed by atoms with Crippen molar-refractivity contribution in [3.63, 3.8) is 0 Å². The van der Waals surface area contributed by atoms with Crippen LogP contribution in [-0.2, 0) is 14.8 Å². The minimum absolute atomic E-state index is 0.167. The van der Waals surface area contributed by atoms with Gasteiger partial charge in [0.25, 0.3) is 10.0 Å². The molecule has 1 saturated heterocycles. The van der Waals surface area contributed by atoms with Crippen LogP contribution in [0.2, 0.25) is 0 Å². The zero-order chi connectivity index (χ0) is 19.7. The number of sulfonamides is 1. The predicted octanol–water partition coefficient (Wildman–Crippen LogP) is 2.93. The van der Waals surface area contributed by atoms with Crippen molar-refractivity contribution in [1.82, 2.24) is 10.2 Å². The van der Waals surface area contributed by atoms with Crippen LogP contribution in [0.25, 0.3) is 4.91 Å². The van der Waals surface area contributed by atoms with Crippen LogP contribution in [-0.4, -0.2) is 44.2 Å². The first-order chi connectivity index (χ1) is 13.5. The summed E-state index contributed by atoms with van der Waals surface area (Å²) in [5.74, 6) is 0.930. The number of nitrogens with one attached hydrogen (secondary N) is 1. The van der Waals surface area contributed by atoms with E-state index in [-0.39, 0.29) is 17.9 Å². The molecule has 6 nitrogen and oxygen atoms in total. The van der Waals surface area contributed by atoms with E-state index in [0.29, 0.717) is 35.0 Å². The highest BCUT2D eigenvalue weighted by molar-refractivity contribution is 8.00. The highest BCUT2D eigenvalue weighted by atomic mass is 32.2. The van der Waals surface area contributed by atoms with Crippen LogP contribution in [0.15, 0.2) is 40.3 Å². The number of rotatable bonds is 3. The Morgan fingerprint density at radius 1 is 1.07 bits per heavy atom. The zero-order valence-electron chi connectivity index (χ0n) is 16.2. The minimum atomic E-state index is -3.68. The Balaban J connectivity index is 1.43. The molecule has 1 saturated carbocycles. The molecule has 0 unspecified atom stereocenters. The van der Waals surface area contributed by atoms with Gasteiger partial charge >= 0.3 is 0 Å². The molecule has 0 bridgehead atoms. The average molecular weight is 402 g/mol. The molecular weight excluding hydrogens is 374 g/mol. The molecule has 1 aliphatic carbocycles. The number of amidine groups is 1. The number of likely N-dealkylation sites (tertiary alicyclic amines) is 1. The summed E-state index contributed by atoms with van der Waals surface area (Å²) in [4.78, 5) is 14.7. The topological polar surface area (TPSA) is 78.8 Å². The molecule has 0 atom stereocenters. The van der Waals surface area contributed by atoms with E-state index in [0.717, 1.165) is 38.5 Å². The summed E-state index contributed by atoms with van der Waals surface area (Å²) < 4.78 is 29.4. The molecule has 0 radical (unpaired) electrons. The van der Waals surface area contributed by atoms with Gasteiger partial charge in [-0.15, -0.1) is 4.40 Å². The van der Waals surface area contributed by atoms with Crippen molar-refractivity contribution in [3.8, 4) is 0 Å². The highest BCUT2D eigenvalue weighted by Crippen LogP contribution is 2.34. The van der Waals surface area contributed by atoms with Crippen LogP contribution in [0.5, 0.6) is 0 Å². The standard InChI is InChI=1S/C21H27N3O3S/c1-15-19(16-7-3-2-4-8-16)28(26,27)23-20(15)24-13-11-18(12-14-24)22-21(25)17-9-5-6-10-17/h2-4,7-8,17-18H,5-6,9-14H2,1H3,(H,22,25). The normalized spacial score (nSPS) is 23.2. The average Bonchev–Trinajstić information content (AvgIpc) is 3.30. The fourth-order valence-electron chi connectivity index (χ4n) is 4.52. The quantitative estimate of drug-likeness (QED) is 0.845. The van der Waals surface area contributed by atoms with E-state index < -0.39 is 10.0 Å². The number of hydrogen-bond acceptors (Lipinski definition) is 4. The van der Waals surface area contributed by atoms with Gasteiger partial charge in [0, 0.05) is 30.6 Å². The number of benzene rings is 1. The molecule has 150 valence electrons. The van der Waals surface area contributed by atoms with Gasteiger partial charge in [-0.1, -0.05) is 43.2 Å². The molecule has 3 aliphatic rings. The number of carbonyl (C=O) groups excluding carboxylic acids is 1. The van der Waals surface area contributed by atoms with Crippen molar-refractivity contribution < 1.29 is 13.2 Å². The lowest BCUT2D eigenvalue weighted by Crippen LogP contribution is -2.47. The van der Waals surface area contributed by atoms with Gasteiger partial charge in [0.1, 0.15) is 10.7 Å². The van der Waals surface area contributed by atoms with Gasteiger partial charge in [0.15, 0.2) is 0 Å². The molecular formula is C21H27N3O3S. The molecule has 1 aromatic carbocycles. The second-order valence-corrected chi connectivity index (χ2v) is 9.50. The summed E-state index contributed by atoms with van der Waals surface area (Å²) in [6.07, 6.45) is 5.94. The lowest BCUT2D eigenvalue weighted by atomic mass is 10.0. The van der Waals surface area contributed by atoms with Crippen LogP contribution in [0.4, 0.5) is 0 Å². The van der Waals surface area contributed by atoms with Crippen LogP contribution in [0.1, 0.15) is 51.0 Å². The van der Waals surface area contributed by atoms with Crippen LogP contribution < -0.4 is 5.32 Å². The number of amides is 1. The molecule has 0 spiro atoms. The van der Waals surface area contributed by atoms with Gasteiger partial charge in [-0.3, -0.25) is 4.79 Å². The minimum Gasteiger partial charge on any atom is -0.356 e. The molecule has 1 aromatic rings. The SMILES string of the molecule is CC1=C(c2ccccc2)S(=O)(=O)N=C1N1CCC(NC(=O)C2CCCC2)CC1. The first-order valence-electron chi connectivity index (χ1n) is 10.1. The number of hydrogen-bond donors (Lipinski definition) is 1. The van der Waals surface area contributed by atoms with Gasteiger partial charge in [0.05, 0.1) is 0 Å². The van der Waals surface area contributed by atoms with E-state index in [1.165, 1.54) is 0 Å². The smallest absolute Gasteiger partial charge is 0.285 e. The van der Waals surface area contributed by atoms with Crippen molar-refractivity contribution in [2.24, 2.45) is 10.3 Å². The Hall–Kier alpha value is -2.15. The van der Waals surface area contributed by atoms with Gasteiger partial charge in [0.2, 0.25) is 5.91 Å². The van der Waals surface area contributed by atoms with E-state index in [2.05, 4.69) is 9.71 Å². The largest absolute Gasteiger partial charge is 0.356 e. The number of nitrogens with zero attached hydrogens (tertiary/aromatic N) is 2. The Bertz CT molecular complexity index is 907. The summed E-state index contributed by atoms with van der Waals surface area (Å²) in [5.41, 5.74) is 1.39. The van der Waals surface area contributed by atoms with E-state index in [1.807, 2.05) is 30.0 Å². The summed E-state index contributed by atoms with van der Waals surface area (Å²) >= 11 is 0. The Morgan fingerprint density at radius 2 is 1.71 bits per heavy atom. The van der Waals surface area contributed by atoms with Crippen molar-refractivity contribution in [2.45, 2.75) is 51.5 Å². The predicted molar refractivity (Wildman–Crippen MR) is 110 cm³/mol. The summed E-state index contributed by atoms with van der Waals surface area (Å²) in [7, 11) is -3.68. The highest BCUT2D eigenvalue weighted by Gasteiger charge is 2.35. The Labute approximate surface area is 166 Å². The second kappa shape index (κ2) is 7.70. The van der Waals surface area contributed by atoms with Gasteiger partial charge in [-0.2, -0.15) is 8.42 Å². The fraction of sp³-hybridized carbons (Fsp3) is 0.524. The van der Waals surface area contributed by atoms with Crippen LogP contribution in [0, 0.1) is 5.92 Å². The molecule has 2 heterocycles. The molecule has 0 aromatic heterocycles. The van der Waals surface area contributed by atoms with E-state index in [1.54, 1.807) is 12.1 Å². The van der Waals surface area contributed by atoms with Crippen molar-refractivity contribution >= 4 is 26.7 Å². The maximum Gasteiger partial charge on any atom is 0.285 e. The third-order valence-corrected chi connectivity index (χ3v) is 7.51. The Kier molecular flexibility index (Phi) is 5.27. The molecule has 2 fully saturated rings. The van der Waals surface area contributed by atoms with Gasteiger partial charge in [-0.05, 0) is 38.2 Å². The maximum absolute atomic E-state index is 12.7. The first-order valence-corrected chi connectivity index (χ1v) is 11.6. The van der Waals surface area contributed by atoms with Gasteiger partial charge in [-0.25, -0.2) is 0 Å². The lowest BCUT2D eigenvalue weighted by molar-refractivity contribution is -0.125. The molecule has 28 heavy (non-hydrogen) atoms. The van der Waals surface area contributed by atoms with Crippen molar-refractivity contribution in [1.29, 1.82) is 0 Å². The molecule has 7 heteroatoms. The van der Waals surface area contributed by atoms with Gasteiger partial charge < -0.3 is 10.2 Å². The molecule has 1 amide bonds. The third-order valence-electron chi connectivity index (χ3n) is 6.04. The number of piperidine rings is 1. The van der Waals surface area contributed by atoms with E-state index >= 15 is 0 Å². The fourth-order valence-corrected chi connectivity index (χ4v) is 6.00. The zero-order valence-corrected chi connectivity index (χ0v) is 17.0. The van der Waals surface area contributed by atoms with Crippen LogP contribution in [0.3, 0.4) is 0 Å². The van der Waals surface area contributed by atoms with Crippen molar-refractivity contribution in [2.75, 3.05) is 13.1 Å². The van der Waals surface area contributed by atoms with Crippen molar-refractivity contribution in [3.05, 3.63) is 41.5 Å². The van der Waals surface area contributed by atoms with Crippen LogP contribution >= 0.6 is 0 Å². The second-order valence-electron chi connectivity index (χ2n) is 7.96. The monoisotopic (exact) mass is 401 g/mol. The molecule has 1 N–H and O–H groups in total. The third kappa shape index (κ3) is 3.72. The van der Waals surface area contributed by atoms with E-state index in [4.69, 9.17) is 0 Å². The molecule has 2 aliphatic heterocycles. The number of carbonyl (C=O) groups is 1. The van der Waals surface area contributed by atoms with E-state index in [9.17, 15) is 13.2 Å². The lowest BCUT2D eigenvalue weighted by Gasteiger charge is -2.34. The summed E-state index contributed by atoms with van der Waals surface area (Å²) in [6, 6.07) is 9.32. The summed E-state index contributed by atoms with van der Waals surface area (Å²) in [6.45, 7) is 3.23. The molecule has 4 rings (SSSR count). The maximum atomic E-state index is 12.7. The Morgan fingerprint density at radius 3 is 2.36 bits per heavy atom.